The molecule has 0 aliphatic heterocycles. The van der Waals surface area contributed by atoms with Gasteiger partial charge >= 0.3 is 12.1 Å². The number of benzene rings is 2. The van der Waals surface area contributed by atoms with Crippen LogP contribution in [0.2, 0.25) is 5.02 Å². The molecule has 0 aliphatic rings. The summed E-state index contributed by atoms with van der Waals surface area (Å²) in [5.74, 6) is -1.45. The molecule has 0 bridgehead atoms. The number of halogens is 4. The number of carbonyl (C=O) groups excluding carboxylic acids is 2. The smallest absolute Gasteiger partial charge is 0.416 e. The lowest BCUT2D eigenvalue weighted by atomic mass is 10.0. The van der Waals surface area contributed by atoms with Crippen LogP contribution in [0.3, 0.4) is 0 Å². The first-order valence-corrected chi connectivity index (χ1v) is 7.76. The summed E-state index contributed by atoms with van der Waals surface area (Å²) < 4.78 is 43.8. The summed E-state index contributed by atoms with van der Waals surface area (Å²) in [6.45, 7) is 1.16. The molecule has 2 aromatic carbocycles. The molecule has 4 nitrogen and oxygen atoms in total. The Morgan fingerprint density at radius 3 is 2.50 bits per heavy atom. The van der Waals surface area contributed by atoms with Crippen molar-refractivity contribution in [3.63, 3.8) is 0 Å². The monoisotopic (exact) mass is 381 g/mol. The topological polar surface area (TPSA) is 59.2 Å². The van der Waals surface area contributed by atoms with Gasteiger partial charge in [-0.15, -0.1) is 0 Å². The van der Waals surface area contributed by atoms with Crippen molar-refractivity contribution >= 4 is 34.3 Å². The number of esters is 1. The molecule has 1 heterocycles. The van der Waals surface area contributed by atoms with E-state index in [2.05, 4.69) is 4.98 Å². The number of carbonyl (C=O) groups is 2. The summed E-state index contributed by atoms with van der Waals surface area (Å²) in [7, 11) is 0. The third kappa shape index (κ3) is 3.43. The summed E-state index contributed by atoms with van der Waals surface area (Å²) in [4.78, 5) is 26.9. The fraction of sp³-hybridized carbons (Fsp3) is 0.111. The molecule has 26 heavy (non-hydrogen) atoms. The van der Waals surface area contributed by atoms with Crippen molar-refractivity contribution in [1.82, 2.24) is 4.98 Å². The quantitative estimate of drug-likeness (QED) is 0.513. The number of hydrogen-bond donors (Lipinski definition) is 1. The van der Waals surface area contributed by atoms with Crippen molar-refractivity contribution in [2.24, 2.45) is 0 Å². The highest BCUT2D eigenvalue weighted by Crippen LogP contribution is 2.35. The molecule has 134 valence electrons. The number of rotatable bonds is 3. The number of nitrogens with one attached hydrogen (secondary N) is 1. The van der Waals surface area contributed by atoms with E-state index in [0.29, 0.717) is 15.9 Å². The average Bonchev–Trinajstić information content (AvgIpc) is 2.90. The third-order valence-corrected chi connectivity index (χ3v) is 3.87. The predicted molar refractivity (Wildman–Crippen MR) is 89.5 cm³/mol. The Hall–Kier alpha value is -2.80. The minimum atomic E-state index is -4.58. The van der Waals surface area contributed by atoms with E-state index in [1.165, 1.54) is 12.1 Å². The normalized spacial score (nSPS) is 11.6. The maximum absolute atomic E-state index is 12.9. The molecule has 0 saturated heterocycles. The van der Waals surface area contributed by atoms with Crippen LogP contribution in [-0.2, 0) is 11.0 Å². The molecular formula is C18H11ClF3NO3. The second kappa shape index (κ2) is 6.49. The molecule has 3 aromatic rings. The first-order valence-electron chi connectivity index (χ1n) is 7.38. The van der Waals surface area contributed by atoms with Gasteiger partial charge in [-0.1, -0.05) is 23.7 Å². The third-order valence-electron chi connectivity index (χ3n) is 3.64. The molecule has 0 fully saturated rings. The SMILES string of the molecule is CC(=O)Oc1c(C(=O)c2cccc(C(F)(F)F)c2)[nH]c2cc(Cl)ccc12. The number of aromatic amines is 1. The highest BCUT2D eigenvalue weighted by Gasteiger charge is 2.31. The molecule has 0 amide bonds. The zero-order valence-corrected chi connectivity index (χ0v) is 14.0. The fourth-order valence-corrected chi connectivity index (χ4v) is 2.71. The summed E-state index contributed by atoms with van der Waals surface area (Å²) in [5.41, 5.74) is -0.844. The summed E-state index contributed by atoms with van der Waals surface area (Å²) in [6.07, 6.45) is -4.58. The van der Waals surface area contributed by atoms with Gasteiger partial charge in [-0.25, -0.2) is 0 Å². The van der Waals surface area contributed by atoms with Crippen LogP contribution in [0, 0.1) is 0 Å². The summed E-state index contributed by atoms with van der Waals surface area (Å²) in [5, 5.41) is 0.797. The van der Waals surface area contributed by atoms with E-state index in [0.717, 1.165) is 25.1 Å². The van der Waals surface area contributed by atoms with Gasteiger partial charge in [-0.2, -0.15) is 13.2 Å². The van der Waals surface area contributed by atoms with Gasteiger partial charge in [-0.05, 0) is 30.3 Å². The van der Waals surface area contributed by atoms with Crippen LogP contribution in [-0.4, -0.2) is 16.7 Å². The molecule has 1 aromatic heterocycles. The zero-order chi connectivity index (χ0) is 19.1. The number of hydrogen-bond acceptors (Lipinski definition) is 3. The second-order valence-electron chi connectivity index (χ2n) is 5.52. The Kier molecular flexibility index (Phi) is 4.50. The Morgan fingerprint density at radius 2 is 1.85 bits per heavy atom. The molecule has 8 heteroatoms. The lowest BCUT2D eigenvalue weighted by Crippen LogP contribution is -2.10. The van der Waals surface area contributed by atoms with E-state index in [1.807, 2.05) is 0 Å². The van der Waals surface area contributed by atoms with Gasteiger partial charge in [0.15, 0.2) is 5.75 Å². The van der Waals surface area contributed by atoms with Crippen molar-refractivity contribution < 1.29 is 27.5 Å². The minimum Gasteiger partial charge on any atom is -0.424 e. The van der Waals surface area contributed by atoms with Crippen molar-refractivity contribution in [3.8, 4) is 5.75 Å². The van der Waals surface area contributed by atoms with Gasteiger partial charge in [0.2, 0.25) is 5.78 Å². The summed E-state index contributed by atoms with van der Waals surface area (Å²) >= 11 is 5.92. The molecule has 0 aliphatic carbocycles. The van der Waals surface area contributed by atoms with Gasteiger partial charge in [0.1, 0.15) is 5.69 Å². The fourth-order valence-electron chi connectivity index (χ4n) is 2.53. The number of alkyl halides is 3. The Morgan fingerprint density at radius 1 is 1.12 bits per heavy atom. The number of ketones is 1. The second-order valence-corrected chi connectivity index (χ2v) is 5.96. The van der Waals surface area contributed by atoms with Crippen molar-refractivity contribution in [2.45, 2.75) is 13.1 Å². The molecular weight excluding hydrogens is 371 g/mol. The van der Waals surface area contributed by atoms with Crippen molar-refractivity contribution in [3.05, 3.63) is 64.3 Å². The predicted octanol–water partition coefficient (Wildman–Crippen LogP) is 5.00. The average molecular weight is 382 g/mol. The largest absolute Gasteiger partial charge is 0.424 e. The van der Waals surface area contributed by atoms with Gasteiger partial charge in [0.05, 0.1) is 11.1 Å². The van der Waals surface area contributed by atoms with Gasteiger partial charge in [0, 0.05) is 22.9 Å². The van der Waals surface area contributed by atoms with Crippen LogP contribution in [0.15, 0.2) is 42.5 Å². The van der Waals surface area contributed by atoms with E-state index in [-0.39, 0.29) is 17.0 Å². The first-order chi connectivity index (χ1) is 12.2. The van der Waals surface area contributed by atoms with Crippen LogP contribution in [0.1, 0.15) is 28.5 Å². The zero-order valence-electron chi connectivity index (χ0n) is 13.3. The van der Waals surface area contributed by atoms with Gasteiger partial charge in [-0.3, -0.25) is 9.59 Å². The van der Waals surface area contributed by atoms with Gasteiger partial charge in [0.25, 0.3) is 0 Å². The lowest BCUT2D eigenvalue weighted by molar-refractivity contribution is -0.137. The van der Waals surface area contributed by atoms with E-state index >= 15 is 0 Å². The molecule has 0 spiro atoms. The van der Waals surface area contributed by atoms with Crippen molar-refractivity contribution in [1.29, 1.82) is 0 Å². The highest BCUT2D eigenvalue weighted by molar-refractivity contribution is 6.31. The molecule has 0 unspecified atom stereocenters. The molecule has 0 atom stereocenters. The molecule has 1 N–H and O–H groups in total. The maximum Gasteiger partial charge on any atom is 0.416 e. The molecule has 0 saturated carbocycles. The van der Waals surface area contributed by atoms with Crippen LogP contribution >= 0.6 is 11.6 Å². The van der Waals surface area contributed by atoms with Crippen LogP contribution < -0.4 is 4.74 Å². The molecule has 0 radical (unpaired) electrons. The van der Waals surface area contributed by atoms with Crippen LogP contribution in [0.5, 0.6) is 5.75 Å². The van der Waals surface area contributed by atoms with E-state index in [4.69, 9.17) is 16.3 Å². The Labute approximate surface area is 150 Å². The maximum atomic E-state index is 12.9. The van der Waals surface area contributed by atoms with E-state index in [1.54, 1.807) is 12.1 Å². The van der Waals surface area contributed by atoms with Gasteiger partial charge < -0.3 is 9.72 Å². The van der Waals surface area contributed by atoms with Crippen molar-refractivity contribution in [2.75, 3.05) is 0 Å². The summed E-state index contributed by atoms with van der Waals surface area (Å²) in [6, 6.07) is 8.63. The molecule has 3 rings (SSSR count). The minimum absolute atomic E-state index is 0.0495. The van der Waals surface area contributed by atoms with Crippen LogP contribution in [0.4, 0.5) is 13.2 Å². The standard InChI is InChI=1S/C18H11ClF3NO3/c1-9(24)26-17-13-6-5-12(19)8-14(13)23-15(17)16(25)10-3-2-4-11(7-10)18(20,21)22/h2-8,23H,1H3. The Balaban J connectivity index is 2.15. The number of ether oxygens (including phenoxy) is 1. The highest BCUT2D eigenvalue weighted by atomic mass is 35.5. The lowest BCUT2D eigenvalue weighted by Gasteiger charge is -2.08. The number of fused-ring (bicyclic) bond motifs is 1. The first kappa shape index (κ1) is 18.0. The Bertz CT molecular complexity index is 1020. The number of aromatic nitrogens is 1. The van der Waals surface area contributed by atoms with E-state index in [9.17, 15) is 22.8 Å². The van der Waals surface area contributed by atoms with E-state index < -0.39 is 23.5 Å². The number of H-pyrrole nitrogens is 1. The van der Waals surface area contributed by atoms with Crippen LogP contribution in [0.25, 0.3) is 10.9 Å².